The van der Waals surface area contributed by atoms with Crippen LogP contribution in [-0.2, 0) is 13.0 Å². The fraction of sp³-hybridized carbons (Fsp3) is 0.421. The summed E-state index contributed by atoms with van der Waals surface area (Å²) in [6.07, 6.45) is 6.05. The molecule has 0 spiro atoms. The molecule has 1 aliphatic heterocycles. The van der Waals surface area contributed by atoms with Crippen molar-refractivity contribution >= 4 is 22.7 Å². The van der Waals surface area contributed by atoms with Gasteiger partial charge in [-0.2, -0.15) is 11.8 Å². The van der Waals surface area contributed by atoms with Crippen LogP contribution in [0.1, 0.15) is 35.1 Å². The van der Waals surface area contributed by atoms with Gasteiger partial charge in [0, 0.05) is 41.8 Å². The number of benzene rings is 1. The molecule has 0 saturated carbocycles. The maximum Gasteiger partial charge on any atom is 0.123 e. The molecule has 0 radical (unpaired) electrons. The minimum atomic E-state index is -0.182. The molecule has 0 amide bonds. The normalized spacial score (nSPS) is 18.0. The molecule has 1 aliphatic rings. The van der Waals surface area contributed by atoms with Gasteiger partial charge in [0.15, 0.2) is 0 Å². The summed E-state index contributed by atoms with van der Waals surface area (Å²) in [5.41, 5.74) is 5.80. The van der Waals surface area contributed by atoms with E-state index in [1.807, 2.05) is 24.2 Å². The van der Waals surface area contributed by atoms with Gasteiger partial charge in [-0.05, 0) is 49.1 Å². The van der Waals surface area contributed by atoms with Crippen molar-refractivity contribution in [2.24, 2.45) is 0 Å². The van der Waals surface area contributed by atoms with Crippen LogP contribution in [0.2, 0.25) is 0 Å². The van der Waals surface area contributed by atoms with E-state index in [1.54, 1.807) is 6.07 Å². The number of H-pyrrole nitrogens is 2. The Labute approximate surface area is 151 Å². The first-order chi connectivity index (χ1) is 12.2. The smallest absolute Gasteiger partial charge is 0.123 e. The summed E-state index contributed by atoms with van der Waals surface area (Å²) < 4.78 is 13.6. The number of nitrogens with one attached hydrogen (secondary N) is 2. The van der Waals surface area contributed by atoms with E-state index in [2.05, 4.69) is 33.0 Å². The first-order valence-corrected chi connectivity index (χ1v) is 10.1. The summed E-state index contributed by atoms with van der Waals surface area (Å²) in [7, 11) is 0. The molecule has 0 fully saturated rings. The average molecular weight is 358 g/mol. The van der Waals surface area contributed by atoms with Gasteiger partial charge >= 0.3 is 0 Å². The van der Waals surface area contributed by atoms with Crippen LogP contribution in [-0.4, -0.2) is 38.4 Å². The minimum Gasteiger partial charge on any atom is -0.357 e. The summed E-state index contributed by atoms with van der Waals surface area (Å²) in [5, 5.41) is 0.980. The zero-order chi connectivity index (χ0) is 17.4. The van der Waals surface area contributed by atoms with E-state index < -0.39 is 0 Å². The number of hydrogen-bond donors (Lipinski definition) is 2. The highest BCUT2D eigenvalue weighted by atomic mass is 32.2. The van der Waals surface area contributed by atoms with Crippen LogP contribution in [0.4, 0.5) is 4.39 Å². The third-order valence-electron chi connectivity index (χ3n) is 5.24. The fourth-order valence-electron chi connectivity index (χ4n) is 3.86. The lowest BCUT2D eigenvalue weighted by molar-refractivity contribution is 0.166. The van der Waals surface area contributed by atoms with Crippen molar-refractivity contribution in [3.8, 4) is 0 Å². The highest BCUT2D eigenvalue weighted by Crippen LogP contribution is 2.33. The summed E-state index contributed by atoms with van der Waals surface area (Å²) in [6.45, 7) is 3.93. The molecule has 1 atom stereocenters. The van der Waals surface area contributed by atoms with Crippen molar-refractivity contribution in [2.75, 3.05) is 18.6 Å². The Hall–Kier alpha value is -1.79. The quantitative estimate of drug-likeness (QED) is 0.719. The molecule has 0 unspecified atom stereocenters. The molecule has 3 aromatic rings. The van der Waals surface area contributed by atoms with Crippen molar-refractivity contribution in [3.63, 3.8) is 0 Å². The molecule has 4 nitrogen and oxygen atoms in total. The number of nitrogens with zero attached hydrogens (tertiary/aromatic N) is 2. The number of thioether (sulfide) groups is 1. The van der Waals surface area contributed by atoms with E-state index >= 15 is 0 Å². The summed E-state index contributed by atoms with van der Waals surface area (Å²) in [4.78, 5) is 13.9. The van der Waals surface area contributed by atoms with Gasteiger partial charge in [-0.1, -0.05) is 0 Å². The van der Waals surface area contributed by atoms with Crippen LogP contribution >= 0.6 is 11.8 Å². The largest absolute Gasteiger partial charge is 0.357 e. The average Bonchev–Trinajstić information content (AvgIpc) is 3.20. The van der Waals surface area contributed by atoms with Crippen LogP contribution in [0.3, 0.4) is 0 Å². The molecule has 2 N–H and O–H groups in total. The van der Waals surface area contributed by atoms with Crippen LogP contribution in [0.25, 0.3) is 10.9 Å². The molecular formula is C19H23FN4S. The molecule has 132 valence electrons. The minimum absolute atomic E-state index is 0.182. The molecule has 2 aromatic heterocycles. The maximum atomic E-state index is 13.6. The number of fused-ring (bicyclic) bond motifs is 2. The van der Waals surface area contributed by atoms with E-state index in [4.69, 9.17) is 0 Å². The van der Waals surface area contributed by atoms with Gasteiger partial charge in [0.05, 0.1) is 18.1 Å². The molecule has 0 aliphatic carbocycles. The molecule has 0 bridgehead atoms. The predicted octanol–water partition coefficient (Wildman–Crippen LogP) is 4.19. The second-order valence-electron chi connectivity index (χ2n) is 6.70. The van der Waals surface area contributed by atoms with Gasteiger partial charge in [-0.3, -0.25) is 4.90 Å². The number of imidazole rings is 1. The molecule has 3 heterocycles. The van der Waals surface area contributed by atoms with E-state index in [9.17, 15) is 4.39 Å². The standard InChI is InChI=1S/C19H23FN4S/c1-12-14-9-13(20)3-4-15(14)23-17(12)10-24-7-5-16-19(22-11-21-16)18(24)6-8-25-2/h3-4,9,11,18,23H,5-8,10H2,1-2H3,(H,21,22)/t18-/m1/s1. The number of hydrogen-bond acceptors (Lipinski definition) is 3. The van der Waals surface area contributed by atoms with Crippen molar-refractivity contribution in [3.05, 3.63) is 53.0 Å². The van der Waals surface area contributed by atoms with Crippen molar-refractivity contribution < 1.29 is 4.39 Å². The van der Waals surface area contributed by atoms with Gasteiger partial charge < -0.3 is 9.97 Å². The van der Waals surface area contributed by atoms with Crippen molar-refractivity contribution in [1.82, 2.24) is 19.9 Å². The van der Waals surface area contributed by atoms with Crippen LogP contribution < -0.4 is 0 Å². The molecular weight excluding hydrogens is 335 g/mol. The summed E-state index contributed by atoms with van der Waals surface area (Å²) in [6, 6.07) is 5.30. The summed E-state index contributed by atoms with van der Waals surface area (Å²) in [5.74, 6) is 0.933. The zero-order valence-electron chi connectivity index (χ0n) is 14.6. The Morgan fingerprint density at radius 1 is 1.40 bits per heavy atom. The van der Waals surface area contributed by atoms with E-state index in [1.165, 1.54) is 23.1 Å². The number of aryl methyl sites for hydroxylation is 1. The lowest BCUT2D eigenvalue weighted by Crippen LogP contribution is -2.35. The van der Waals surface area contributed by atoms with Gasteiger partial charge in [0.2, 0.25) is 0 Å². The van der Waals surface area contributed by atoms with E-state index in [0.29, 0.717) is 6.04 Å². The fourth-order valence-corrected chi connectivity index (χ4v) is 4.32. The first kappa shape index (κ1) is 16.7. The highest BCUT2D eigenvalue weighted by molar-refractivity contribution is 7.98. The third-order valence-corrected chi connectivity index (χ3v) is 5.88. The molecule has 0 saturated heterocycles. The number of aromatic nitrogens is 3. The zero-order valence-corrected chi connectivity index (χ0v) is 15.4. The SMILES string of the molecule is CSCC[C@@H]1c2nc[nH]c2CCN1Cc1[nH]c2ccc(F)cc2c1C. The second kappa shape index (κ2) is 6.84. The molecule has 4 rings (SSSR count). The maximum absolute atomic E-state index is 13.6. The Morgan fingerprint density at radius 3 is 3.12 bits per heavy atom. The van der Waals surface area contributed by atoms with Crippen molar-refractivity contribution in [1.29, 1.82) is 0 Å². The highest BCUT2D eigenvalue weighted by Gasteiger charge is 2.29. The summed E-state index contributed by atoms with van der Waals surface area (Å²) >= 11 is 1.88. The van der Waals surface area contributed by atoms with Crippen LogP contribution in [0.5, 0.6) is 0 Å². The van der Waals surface area contributed by atoms with E-state index in [0.717, 1.165) is 48.2 Å². The predicted molar refractivity (Wildman–Crippen MR) is 101 cm³/mol. The van der Waals surface area contributed by atoms with Gasteiger partial charge in [-0.15, -0.1) is 0 Å². The Kier molecular flexibility index (Phi) is 4.56. The molecule has 25 heavy (non-hydrogen) atoms. The van der Waals surface area contributed by atoms with Crippen LogP contribution in [0, 0.1) is 12.7 Å². The van der Waals surface area contributed by atoms with Crippen molar-refractivity contribution in [2.45, 2.75) is 32.4 Å². The lowest BCUT2D eigenvalue weighted by Gasteiger charge is -2.34. The van der Waals surface area contributed by atoms with Crippen LogP contribution in [0.15, 0.2) is 24.5 Å². The monoisotopic (exact) mass is 358 g/mol. The van der Waals surface area contributed by atoms with E-state index in [-0.39, 0.29) is 5.82 Å². The topological polar surface area (TPSA) is 47.7 Å². The number of aromatic amines is 2. The lowest BCUT2D eigenvalue weighted by atomic mass is 10.00. The third kappa shape index (κ3) is 3.09. The van der Waals surface area contributed by atoms with Gasteiger partial charge in [-0.25, -0.2) is 9.37 Å². The second-order valence-corrected chi connectivity index (χ2v) is 7.69. The molecule has 6 heteroatoms. The van der Waals surface area contributed by atoms with Gasteiger partial charge in [0.1, 0.15) is 5.82 Å². The number of rotatable bonds is 5. The Morgan fingerprint density at radius 2 is 2.28 bits per heavy atom. The Bertz CT molecular complexity index is 885. The molecule has 1 aromatic carbocycles. The van der Waals surface area contributed by atoms with Gasteiger partial charge in [0.25, 0.3) is 0 Å². The first-order valence-electron chi connectivity index (χ1n) is 8.69. The number of halogens is 1. The Balaban J connectivity index is 1.64.